The fourth-order valence-electron chi connectivity index (χ4n) is 2.51. The van der Waals surface area contributed by atoms with Crippen LogP contribution in [0.15, 0.2) is 15.8 Å². The second-order valence-corrected chi connectivity index (χ2v) is 4.96. The number of aliphatic hydroxyl groups is 2. The Labute approximate surface area is 104 Å². The number of nitrogens with one attached hydrogen (secondary N) is 1. The molecule has 3 N–H and O–H groups in total. The summed E-state index contributed by atoms with van der Waals surface area (Å²) in [5, 5.41) is 18.9. The van der Waals surface area contributed by atoms with Crippen molar-refractivity contribution in [3.05, 3.63) is 32.6 Å². The van der Waals surface area contributed by atoms with Crippen LogP contribution in [0.25, 0.3) is 0 Å². The first kappa shape index (κ1) is 13.0. The summed E-state index contributed by atoms with van der Waals surface area (Å²) < 4.78 is 1.48. The Kier molecular flexibility index (Phi) is 3.68. The zero-order valence-electron chi connectivity index (χ0n) is 10.3. The van der Waals surface area contributed by atoms with Crippen LogP contribution in [0, 0.1) is 12.8 Å². The van der Waals surface area contributed by atoms with Crippen LogP contribution in [-0.2, 0) is 0 Å². The molecule has 1 aliphatic carbocycles. The van der Waals surface area contributed by atoms with Crippen molar-refractivity contribution in [1.29, 1.82) is 0 Å². The van der Waals surface area contributed by atoms with E-state index in [2.05, 4.69) is 4.98 Å². The molecule has 1 heterocycles. The van der Waals surface area contributed by atoms with Crippen LogP contribution in [0.5, 0.6) is 0 Å². The summed E-state index contributed by atoms with van der Waals surface area (Å²) in [4.78, 5) is 25.3. The molecule has 100 valence electrons. The third kappa shape index (κ3) is 2.39. The summed E-state index contributed by atoms with van der Waals surface area (Å²) in [5.74, 6) is -0.110. The number of rotatable bonds is 2. The Hall–Kier alpha value is -1.40. The fraction of sp³-hybridized carbons (Fsp3) is 0.667. The van der Waals surface area contributed by atoms with Gasteiger partial charge in [0, 0.05) is 30.3 Å². The highest BCUT2D eigenvalue weighted by atomic mass is 16.3. The van der Waals surface area contributed by atoms with Gasteiger partial charge in [-0.1, -0.05) is 0 Å². The van der Waals surface area contributed by atoms with Gasteiger partial charge in [-0.2, -0.15) is 0 Å². The molecule has 0 saturated heterocycles. The second kappa shape index (κ2) is 5.07. The van der Waals surface area contributed by atoms with Crippen LogP contribution in [0.1, 0.15) is 30.9 Å². The molecule has 0 aliphatic heterocycles. The van der Waals surface area contributed by atoms with Gasteiger partial charge in [0.15, 0.2) is 0 Å². The van der Waals surface area contributed by atoms with Crippen LogP contribution in [0.4, 0.5) is 0 Å². The number of hydrogen-bond donors (Lipinski definition) is 3. The third-order valence-electron chi connectivity index (χ3n) is 3.70. The van der Waals surface area contributed by atoms with E-state index in [0.29, 0.717) is 24.8 Å². The molecule has 6 nitrogen and oxygen atoms in total. The number of aromatic nitrogens is 2. The lowest BCUT2D eigenvalue weighted by molar-refractivity contribution is 0.0175. The van der Waals surface area contributed by atoms with Gasteiger partial charge in [-0.25, -0.2) is 4.79 Å². The molecule has 6 heteroatoms. The van der Waals surface area contributed by atoms with Crippen molar-refractivity contribution >= 4 is 0 Å². The van der Waals surface area contributed by atoms with E-state index in [9.17, 15) is 14.7 Å². The summed E-state index contributed by atoms with van der Waals surface area (Å²) in [6.07, 6.45) is 2.75. The molecule has 0 bridgehead atoms. The number of nitrogens with zero attached hydrogens (tertiary/aromatic N) is 1. The van der Waals surface area contributed by atoms with E-state index in [0.717, 1.165) is 0 Å². The molecule has 1 fully saturated rings. The van der Waals surface area contributed by atoms with Gasteiger partial charge in [0.25, 0.3) is 5.56 Å². The molecule has 3 atom stereocenters. The van der Waals surface area contributed by atoms with E-state index in [-0.39, 0.29) is 24.1 Å². The smallest absolute Gasteiger partial charge is 0.328 e. The Balaban J connectivity index is 2.26. The molecule has 18 heavy (non-hydrogen) atoms. The van der Waals surface area contributed by atoms with Crippen LogP contribution in [0.2, 0.25) is 0 Å². The van der Waals surface area contributed by atoms with Crippen molar-refractivity contribution in [2.45, 2.75) is 38.3 Å². The SMILES string of the molecule is Cc1cn([C@H]2CC[C@@H](CO)[C@H](O)C2)c(=O)[nH]c1=O. The molecule has 1 saturated carbocycles. The number of hydrogen-bond acceptors (Lipinski definition) is 4. The van der Waals surface area contributed by atoms with Crippen molar-refractivity contribution in [1.82, 2.24) is 9.55 Å². The summed E-state index contributed by atoms with van der Waals surface area (Å²) in [7, 11) is 0. The van der Waals surface area contributed by atoms with Gasteiger partial charge >= 0.3 is 5.69 Å². The number of aryl methyl sites for hydroxylation is 1. The van der Waals surface area contributed by atoms with Crippen LogP contribution < -0.4 is 11.2 Å². The van der Waals surface area contributed by atoms with Crippen molar-refractivity contribution < 1.29 is 10.2 Å². The largest absolute Gasteiger partial charge is 0.396 e. The number of H-pyrrole nitrogens is 1. The molecule has 1 aromatic rings. The predicted octanol–water partition coefficient (Wildman–Crippen LogP) is -0.461. The first-order valence-electron chi connectivity index (χ1n) is 6.14. The highest BCUT2D eigenvalue weighted by Crippen LogP contribution is 2.31. The van der Waals surface area contributed by atoms with Gasteiger partial charge in [0.05, 0.1) is 6.10 Å². The van der Waals surface area contributed by atoms with E-state index in [4.69, 9.17) is 5.11 Å². The Morgan fingerprint density at radius 2 is 2.17 bits per heavy atom. The fourth-order valence-corrected chi connectivity index (χ4v) is 2.51. The van der Waals surface area contributed by atoms with Gasteiger partial charge in [0.1, 0.15) is 0 Å². The number of aliphatic hydroxyl groups excluding tert-OH is 2. The quantitative estimate of drug-likeness (QED) is 0.665. The van der Waals surface area contributed by atoms with E-state index in [1.807, 2.05) is 0 Å². The van der Waals surface area contributed by atoms with E-state index in [1.54, 1.807) is 6.92 Å². The predicted molar refractivity (Wildman–Crippen MR) is 65.5 cm³/mol. The molecule has 0 spiro atoms. The molecule has 0 aromatic carbocycles. The average Bonchev–Trinajstić information content (AvgIpc) is 2.33. The molecule has 2 rings (SSSR count). The monoisotopic (exact) mass is 254 g/mol. The first-order chi connectivity index (χ1) is 8.52. The highest BCUT2D eigenvalue weighted by molar-refractivity contribution is 5.02. The van der Waals surface area contributed by atoms with Gasteiger partial charge in [-0.3, -0.25) is 14.3 Å². The lowest BCUT2D eigenvalue weighted by Gasteiger charge is -2.32. The Bertz CT molecular complexity index is 534. The molecule has 1 aliphatic rings. The van der Waals surface area contributed by atoms with E-state index >= 15 is 0 Å². The first-order valence-corrected chi connectivity index (χ1v) is 6.14. The second-order valence-electron chi connectivity index (χ2n) is 4.96. The van der Waals surface area contributed by atoms with Gasteiger partial charge in [0.2, 0.25) is 0 Å². The summed E-state index contributed by atoms with van der Waals surface area (Å²) >= 11 is 0. The molecule has 0 unspecified atom stereocenters. The van der Waals surface area contributed by atoms with Crippen molar-refractivity contribution in [2.75, 3.05) is 6.61 Å². The minimum Gasteiger partial charge on any atom is -0.396 e. The topological polar surface area (TPSA) is 95.3 Å². The minimum absolute atomic E-state index is 0.0343. The zero-order valence-corrected chi connectivity index (χ0v) is 10.3. The lowest BCUT2D eigenvalue weighted by atomic mass is 9.84. The maximum absolute atomic E-state index is 11.7. The van der Waals surface area contributed by atoms with E-state index in [1.165, 1.54) is 10.8 Å². The maximum Gasteiger partial charge on any atom is 0.328 e. The summed E-state index contributed by atoms with van der Waals surface area (Å²) in [6.45, 7) is 1.61. The van der Waals surface area contributed by atoms with Crippen molar-refractivity contribution in [2.24, 2.45) is 5.92 Å². The molecule has 1 aromatic heterocycles. The maximum atomic E-state index is 11.7. The van der Waals surface area contributed by atoms with Crippen LogP contribution in [-0.4, -0.2) is 32.5 Å². The highest BCUT2D eigenvalue weighted by Gasteiger charge is 2.30. The van der Waals surface area contributed by atoms with Crippen LogP contribution >= 0.6 is 0 Å². The normalized spacial score (nSPS) is 28.3. The summed E-state index contributed by atoms with van der Waals surface area (Å²) in [5.41, 5.74) is -0.334. The average molecular weight is 254 g/mol. The molecular weight excluding hydrogens is 236 g/mol. The van der Waals surface area contributed by atoms with Crippen molar-refractivity contribution in [3.63, 3.8) is 0 Å². The van der Waals surface area contributed by atoms with Gasteiger partial charge < -0.3 is 10.2 Å². The minimum atomic E-state index is -0.604. The van der Waals surface area contributed by atoms with Gasteiger partial charge in [-0.15, -0.1) is 0 Å². The van der Waals surface area contributed by atoms with E-state index < -0.39 is 11.8 Å². The third-order valence-corrected chi connectivity index (χ3v) is 3.70. The lowest BCUT2D eigenvalue weighted by Crippen LogP contribution is -2.39. The molecular formula is C12H18N2O4. The Morgan fingerprint density at radius 1 is 1.44 bits per heavy atom. The summed E-state index contributed by atoms with van der Waals surface area (Å²) in [6, 6.07) is -0.120. The van der Waals surface area contributed by atoms with Crippen molar-refractivity contribution in [3.8, 4) is 0 Å². The molecule has 0 radical (unpaired) electrons. The zero-order chi connectivity index (χ0) is 13.3. The van der Waals surface area contributed by atoms with Crippen LogP contribution in [0.3, 0.4) is 0 Å². The standard InChI is InChI=1S/C12H18N2O4/c1-7-5-14(12(18)13-11(7)17)9-3-2-8(6-15)10(16)4-9/h5,8-10,15-16H,2-4,6H2,1H3,(H,13,17,18)/t8-,9-,10+/m0/s1. The van der Waals surface area contributed by atoms with Gasteiger partial charge in [-0.05, 0) is 26.2 Å². The number of aromatic amines is 1. The Morgan fingerprint density at radius 3 is 2.78 bits per heavy atom. The molecule has 0 amide bonds.